The van der Waals surface area contributed by atoms with Crippen molar-refractivity contribution in [1.82, 2.24) is 0 Å². The molecule has 0 amide bonds. The van der Waals surface area contributed by atoms with Crippen molar-refractivity contribution in [3.8, 4) is 11.8 Å². The van der Waals surface area contributed by atoms with Gasteiger partial charge in [0.1, 0.15) is 11.8 Å². The topological polar surface area (TPSA) is 59.0 Å². The normalized spacial score (nSPS) is 9.00. The molecule has 0 aliphatic heterocycles. The van der Waals surface area contributed by atoms with Crippen LogP contribution in [0.2, 0.25) is 5.02 Å². The van der Waals surface area contributed by atoms with Crippen LogP contribution >= 0.6 is 11.6 Å². The summed E-state index contributed by atoms with van der Waals surface area (Å²) in [7, 11) is 0. The third-order valence-electron chi connectivity index (χ3n) is 1.26. The van der Waals surface area contributed by atoms with Crippen molar-refractivity contribution < 1.29 is 4.74 Å². The van der Waals surface area contributed by atoms with Crippen LogP contribution in [-0.4, -0.2) is 6.61 Å². The van der Waals surface area contributed by atoms with Crippen LogP contribution in [0.5, 0.6) is 5.75 Å². The summed E-state index contributed by atoms with van der Waals surface area (Å²) in [6, 6.07) is 6.72. The standard InChI is InChI=1S/C8H7ClN2O/c9-6-1-2-8(7(11)5-6)12-4-3-10/h1-2,5H,4,11H2. The van der Waals surface area contributed by atoms with E-state index >= 15 is 0 Å². The molecule has 1 aromatic carbocycles. The number of nitrogens with two attached hydrogens (primary N) is 1. The molecule has 0 unspecified atom stereocenters. The second kappa shape index (κ2) is 3.84. The summed E-state index contributed by atoms with van der Waals surface area (Å²) in [5.74, 6) is 0.487. The van der Waals surface area contributed by atoms with E-state index in [9.17, 15) is 0 Å². The van der Waals surface area contributed by atoms with Gasteiger partial charge in [-0.3, -0.25) is 0 Å². The lowest BCUT2D eigenvalue weighted by molar-refractivity contribution is 0.370. The molecule has 2 N–H and O–H groups in total. The number of benzene rings is 1. The van der Waals surface area contributed by atoms with Crippen LogP contribution in [0, 0.1) is 11.3 Å². The molecule has 0 aliphatic carbocycles. The highest BCUT2D eigenvalue weighted by Crippen LogP contribution is 2.24. The average molecular weight is 183 g/mol. The zero-order valence-corrected chi connectivity index (χ0v) is 7.01. The smallest absolute Gasteiger partial charge is 0.174 e. The minimum Gasteiger partial charge on any atom is -0.477 e. The number of nitrogen functional groups attached to an aromatic ring is 1. The van der Waals surface area contributed by atoms with Crippen molar-refractivity contribution in [3.05, 3.63) is 23.2 Å². The first-order valence-corrected chi connectivity index (χ1v) is 3.66. The minimum atomic E-state index is -0.00810. The number of hydrogen-bond acceptors (Lipinski definition) is 3. The van der Waals surface area contributed by atoms with E-state index in [4.69, 9.17) is 27.3 Å². The molecule has 0 bridgehead atoms. The summed E-state index contributed by atoms with van der Waals surface area (Å²) in [6.45, 7) is -0.00810. The predicted molar refractivity (Wildman–Crippen MR) is 47.0 cm³/mol. The molecule has 1 aromatic rings. The number of rotatable bonds is 2. The largest absolute Gasteiger partial charge is 0.477 e. The van der Waals surface area contributed by atoms with E-state index < -0.39 is 0 Å². The number of nitriles is 1. The van der Waals surface area contributed by atoms with E-state index in [1.165, 1.54) is 0 Å². The van der Waals surface area contributed by atoms with Gasteiger partial charge in [0.05, 0.1) is 5.69 Å². The number of nitrogens with zero attached hydrogens (tertiary/aromatic N) is 1. The van der Waals surface area contributed by atoms with Gasteiger partial charge in [0.2, 0.25) is 0 Å². The van der Waals surface area contributed by atoms with Crippen molar-refractivity contribution in [3.63, 3.8) is 0 Å². The fraction of sp³-hybridized carbons (Fsp3) is 0.125. The third-order valence-corrected chi connectivity index (χ3v) is 1.50. The Kier molecular flexibility index (Phi) is 2.78. The Morgan fingerprint density at radius 3 is 2.92 bits per heavy atom. The van der Waals surface area contributed by atoms with Gasteiger partial charge >= 0.3 is 0 Å². The first kappa shape index (κ1) is 8.69. The van der Waals surface area contributed by atoms with Crippen molar-refractivity contribution in [2.75, 3.05) is 12.3 Å². The lowest BCUT2D eigenvalue weighted by Crippen LogP contribution is -1.97. The highest BCUT2D eigenvalue weighted by atomic mass is 35.5. The van der Waals surface area contributed by atoms with Gasteiger partial charge in [-0.2, -0.15) is 5.26 Å². The molecular formula is C8H7ClN2O. The van der Waals surface area contributed by atoms with Gasteiger partial charge in [-0.1, -0.05) is 11.6 Å². The molecule has 12 heavy (non-hydrogen) atoms. The lowest BCUT2D eigenvalue weighted by Gasteiger charge is -2.04. The van der Waals surface area contributed by atoms with Crippen molar-refractivity contribution in [2.45, 2.75) is 0 Å². The molecular weight excluding hydrogens is 176 g/mol. The van der Waals surface area contributed by atoms with Gasteiger partial charge in [-0.05, 0) is 18.2 Å². The molecule has 0 aromatic heterocycles. The van der Waals surface area contributed by atoms with Crippen LogP contribution in [0.25, 0.3) is 0 Å². The van der Waals surface area contributed by atoms with E-state index in [2.05, 4.69) is 0 Å². The second-order valence-electron chi connectivity index (χ2n) is 2.13. The lowest BCUT2D eigenvalue weighted by atomic mass is 10.3. The van der Waals surface area contributed by atoms with Crippen LogP contribution in [0.3, 0.4) is 0 Å². The van der Waals surface area contributed by atoms with Crippen LogP contribution in [-0.2, 0) is 0 Å². The molecule has 1 rings (SSSR count). The Morgan fingerprint density at radius 2 is 2.33 bits per heavy atom. The number of hydrogen-bond donors (Lipinski definition) is 1. The van der Waals surface area contributed by atoms with Crippen LogP contribution in [0.4, 0.5) is 5.69 Å². The summed E-state index contributed by atoms with van der Waals surface area (Å²) in [5.41, 5.74) is 5.99. The molecule has 0 heterocycles. The van der Waals surface area contributed by atoms with Gasteiger partial charge in [-0.25, -0.2) is 0 Å². The highest BCUT2D eigenvalue weighted by molar-refractivity contribution is 6.30. The van der Waals surface area contributed by atoms with Crippen molar-refractivity contribution in [1.29, 1.82) is 5.26 Å². The summed E-state index contributed by atoms with van der Waals surface area (Å²) in [5, 5.41) is 8.78. The number of anilines is 1. The molecule has 0 saturated carbocycles. The van der Waals surface area contributed by atoms with Crippen LogP contribution in [0.15, 0.2) is 18.2 Å². The fourth-order valence-corrected chi connectivity index (χ4v) is 0.941. The Bertz CT molecular complexity index is 319. The fourth-order valence-electron chi connectivity index (χ4n) is 0.761. The molecule has 4 heteroatoms. The van der Waals surface area contributed by atoms with Gasteiger partial charge in [-0.15, -0.1) is 0 Å². The molecule has 0 saturated heterocycles. The van der Waals surface area contributed by atoms with E-state index in [1.807, 2.05) is 6.07 Å². The molecule has 0 atom stereocenters. The zero-order valence-electron chi connectivity index (χ0n) is 6.25. The summed E-state index contributed by atoms with van der Waals surface area (Å²) >= 11 is 5.65. The molecule has 0 spiro atoms. The Morgan fingerprint density at radius 1 is 1.58 bits per heavy atom. The Labute approximate surface area is 75.3 Å². The monoisotopic (exact) mass is 182 g/mol. The maximum atomic E-state index is 8.23. The third kappa shape index (κ3) is 2.04. The SMILES string of the molecule is N#CCOc1ccc(Cl)cc1N. The maximum absolute atomic E-state index is 8.23. The van der Waals surface area contributed by atoms with Gasteiger partial charge in [0.25, 0.3) is 0 Å². The first-order chi connectivity index (χ1) is 5.74. The van der Waals surface area contributed by atoms with Gasteiger partial charge < -0.3 is 10.5 Å². The molecule has 62 valence electrons. The highest BCUT2D eigenvalue weighted by Gasteiger charge is 1.99. The molecule has 0 radical (unpaired) electrons. The van der Waals surface area contributed by atoms with E-state index in [0.717, 1.165) is 0 Å². The van der Waals surface area contributed by atoms with Gasteiger partial charge in [0, 0.05) is 5.02 Å². The molecule has 0 aliphatic rings. The Hall–Kier alpha value is -1.40. The van der Waals surface area contributed by atoms with Crippen molar-refractivity contribution >= 4 is 17.3 Å². The van der Waals surface area contributed by atoms with Crippen molar-refractivity contribution in [2.24, 2.45) is 0 Å². The number of ether oxygens (including phenoxy) is 1. The van der Waals surface area contributed by atoms with E-state index in [1.54, 1.807) is 18.2 Å². The maximum Gasteiger partial charge on any atom is 0.174 e. The quantitative estimate of drug-likeness (QED) is 0.710. The zero-order chi connectivity index (χ0) is 8.97. The first-order valence-electron chi connectivity index (χ1n) is 3.29. The molecule has 3 nitrogen and oxygen atoms in total. The number of halogens is 1. The Balaban J connectivity index is 2.81. The summed E-state index contributed by atoms with van der Waals surface area (Å²) in [4.78, 5) is 0. The second-order valence-corrected chi connectivity index (χ2v) is 2.57. The van der Waals surface area contributed by atoms with E-state index in [-0.39, 0.29) is 6.61 Å². The van der Waals surface area contributed by atoms with Crippen LogP contribution < -0.4 is 10.5 Å². The predicted octanol–water partition coefficient (Wildman–Crippen LogP) is 1.82. The average Bonchev–Trinajstić information content (AvgIpc) is 2.03. The summed E-state index contributed by atoms with van der Waals surface area (Å²) < 4.78 is 5.00. The van der Waals surface area contributed by atoms with E-state index in [0.29, 0.717) is 16.5 Å². The van der Waals surface area contributed by atoms with Crippen LogP contribution in [0.1, 0.15) is 0 Å². The molecule has 0 fully saturated rings. The summed E-state index contributed by atoms with van der Waals surface area (Å²) in [6.07, 6.45) is 0. The minimum absolute atomic E-state index is 0.00810. The van der Waals surface area contributed by atoms with Gasteiger partial charge in [0.15, 0.2) is 6.61 Å².